The summed E-state index contributed by atoms with van der Waals surface area (Å²) in [6.45, 7) is 7.96. The summed E-state index contributed by atoms with van der Waals surface area (Å²) in [5, 5.41) is 1.43. The lowest BCUT2D eigenvalue weighted by Gasteiger charge is -2.64. The van der Waals surface area contributed by atoms with E-state index in [0.29, 0.717) is 22.8 Å². The summed E-state index contributed by atoms with van der Waals surface area (Å²) in [5.74, 6) is 0.937. The maximum atomic E-state index is 5.95. The number of rotatable bonds is 3. The van der Waals surface area contributed by atoms with Crippen LogP contribution in [0.1, 0.15) is 74.9 Å². The first-order valence-corrected chi connectivity index (χ1v) is 9.40. The van der Waals surface area contributed by atoms with E-state index in [1.54, 1.807) is 0 Å². The van der Waals surface area contributed by atoms with Crippen molar-refractivity contribution in [1.82, 2.24) is 4.98 Å². The number of thiazole rings is 1. The SMILES string of the molecule is CCc1nc(C23CC4CC(C)(CC(C)(C4)C2)C3)sc1CN. The molecule has 2 atom stereocenters. The summed E-state index contributed by atoms with van der Waals surface area (Å²) >= 11 is 1.93. The van der Waals surface area contributed by atoms with Crippen LogP contribution in [0.25, 0.3) is 0 Å². The Balaban J connectivity index is 1.79. The second-order valence-corrected chi connectivity index (χ2v) is 9.94. The number of aromatic nitrogens is 1. The molecule has 2 N–H and O–H groups in total. The van der Waals surface area contributed by atoms with E-state index in [4.69, 9.17) is 10.7 Å². The van der Waals surface area contributed by atoms with E-state index in [2.05, 4.69) is 20.8 Å². The van der Waals surface area contributed by atoms with Gasteiger partial charge in [-0.15, -0.1) is 11.3 Å². The molecule has 4 fully saturated rings. The summed E-state index contributed by atoms with van der Waals surface area (Å²) in [6, 6.07) is 0. The van der Waals surface area contributed by atoms with Gasteiger partial charge in [0.15, 0.2) is 0 Å². The van der Waals surface area contributed by atoms with E-state index in [1.807, 2.05) is 11.3 Å². The molecule has 0 radical (unpaired) electrons. The zero-order valence-corrected chi connectivity index (χ0v) is 14.5. The molecule has 0 amide bonds. The van der Waals surface area contributed by atoms with Gasteiger partial charge in [0.2, 0.25) is 0 Å². The molecule has 21 heavy (non-hydrogen) atoms. The smallest absolute Gasteiger partial charge is 0.0993 e. The Morgan fingerprint density at radius 3 is 2.29 bits per heavy atom. The molecule has 3 heteroatoms. The van der Waals surface area contributed by atoms with Crippen LogP contribution in [-0.4, -0.2) is 4.98 Å². The second kappa shape index (κ2) is 4.32. The molecule has 4 bridgehead atoms. The summed E-state index contributed by atoms with van der Waals surface area (Å²) in [5.41, 5.74) is 8.73. The van der Waals surface area contributed by atoms with Gasteiger partial charge >= 0.3 is 0 Å². The molecule has 2 unspecified atom stereocenters. The average molecular weight is 305 g/mol. The van der Waals surface area contributed by atoms with Crippen LogP contribution in [0.2, 0.25) is 0 Å². The van der Waals surface area contributed by atoms with E-state index < -0.39 is 0 Å². The first-order chi connectivity index (χ1) is 9.89. The van der Waals surface area contributed by atoms with Gasteiger partial charge < -0.3 is 5.73 Å². The zero-order valence-electron chi connectivity index (χ0n) is 13.7. The van der Waals surface area contributed by atoms with Crippen LogP contribution in [0.15, 0.2) is 0 Å². The second-order valence-electron chi connectivity index (χ2n) is 8.86. The van der Waals surface area contributed by atoms with Crippen molar-refractivity contribution in [3.05, 3.63) is 15.6 Å². The topological polar surface area (TPSA) is 38.9 Å². The Hall–Kier alpha value is -0.410. The van der Waals surface area contributed by atoms with Crippen molar-refractivity contribution in [2.24, 2.45) is 22.5 Å². The molecule has 4 aliphatic carbocycles. The lowest BCUT2D eigenvalue weighted by molar-refractivity contribution is -0.110. The fourth-order valence-electron chi connectivity index (χ4n) is 6.73. The molecule has 4 saturated carbocycles. The Bertz CT molecular complexity index is 536. The minimum absolute atomic E-state index is 0.380. The molecule has 116 valence electrons. The summed E-state index contributed by atoms with van der Waals surface area (Å²) in [6.07, 6.45) is 9.50. The van der Waals surface area contributed by atoms with Crippen LogP contribution in [0.3, 0.4) is 0 Å². The van der Waals surface area contributed by atoms with Gasteiger partial charge in [-0.25, -0.2) is 4.98 Å². The monoisotopic (exact) mass is 304 g/mol. The predicted octanol–water partition coefficient (Wildman–Crippen LogP) is 4.41. The van der Waals surface area contributed by atoms with Crippen LogP contribution < -0.4 is 5.73 Å². The third-order valence-electron chi connectivity index (χ3n) is 6.38. The molecule has 4 aliphatic rings. The highest BCUT2D eigenvalue weighted by Crippen LogP contribution is 2.70. The van der Waals surface area contributed by atoms with Crippen LogP contribution in [-0.2, 0) is 18.4 Å². The van der Waals surface area contributed by atoms with Gasteiger partial charge in [-0.3, -0.25) is 0 Å². The summed E-state index contributed by atoms with van der Waals surface area (Å²) in [7, 11) is 0. The zero-order chi connectivity index (χ0) is 14.9. The lowest BCUT2D eigenvalue weighted by Crippen LogP contribution is -2.56. The average Bonchev–Trinajstić information content (AvgIpc) is 2.78. The molecule has 5 rings (SSSR count). The molecule has 2 nitrogen and oxygen atoms in total. The highest BCUT2D eigenvalue weighted by molar-refractivity contribution is 7.11. The van der Waals surface area contributed by atoms with Gasteiger partial charge in [0.1, 0.15) is 0 Å². The summed E-state index contributed by atoms with van der Waals surface area (Å²) < 4.78 is 0. The molecule has 1 aromatic rings. The molecule has 0 saturated heterocycles. The van der Waals surface area contributed by atoms with E-state index in [1.165, 1.54) is 54.1 Å². The van der Waals surface area contributed by atoms with Crippen molar-refractivity contribution in [3.63, 3.8) is 0 Å². The number of aryl methyl sites for hydroxylation is 1. The van der Waals surface area contributed by atoms with E-state index in [-0.39, 0.29) is 0 Å². The van der Waals surface area contributed by atoms with E-state index in [9.17, 15) is 0 Å². The van der Waals surface area contributed by atoms with Crippen molar-refractivity contribution in [2.45, 2.75) is 77.7 Å². The third-order valence-corrected chi connectivity index (χ3v) is 7.74. The van der Waals surface area contributed by atoms with Crippen molar-refractivity contribution in [3.8, 4) is 0 Å². The Morgan fingerprint density at radius 2 is 1.81 bits per heavy atom. The van der Waals surface area contributed by atoms with E-state index >= 15 is 0 Å². The van der Waals surface area contributed by atoms with Crippen LogP contribution in [0.4, 0.5) is 0 Å². The van der Waals surface area contributed by atoms with Crippen molar-refractivity contribution >= 4 is 11.3 Å². The van der Waals surface area contributed by atoms with Crippen LogP contribution in [0, 0.1) is 16.7 Å². The number of nitrogens with two attached hydrogens (primary N) is 1. The molecular weight excluding hydrogens is 276 g/mol. The van der Waals surface area contributed by atoms with Crippen molar-refractivity contribution < 1.29 is 0 Å². The van der Waals surface area contributed by atoms with Gasteiger partial charge in [-0.1, -0.05) is 20.8 Å². The number of hydrogen-bond donors (Lipinski definition) is 1. The number of hydrogen-bond acceptors (Lipinski definition) is 3. The van der Waals surface area contributed by atoms with Gasteiger partial charge in [0, 0.05) is 16.8 Å². The Labute approximate surface area is 132 Å². The highest BCUT2D eigenvalue weighted by Gasteiger charge is 2.61. The molecule has 0 aromatic carbocycles. The molecule has 0 aliphatic heterocycles. The van der Waals surface area contributed by atoms with Gasteiger partial charge in [-0.05, 0) is 61.7 Å². The fraction of sp³-hybridized carbons (Fsp3) is 0.833. The minimum atomic E-state index is 0.380. The van der Waals surface area contributed by atoms with Gasteiger partial charge in [0.25, 0.3) is 0 Å². The van der Waals surface area contributed by atoms with Gasteiger partial charge in [0.05, 0.1) is 10.7 Å². The fourth-order valence-corrected chi connectivity index (χ4v) is 7.96. The standard InChI is InChI=1S/C18H28N2S/c1-4-13-14(8-19)21-15(20-13)18-7-12-5-16(2,10-18)9-17(3,6-12)11-18/h12H,4-11,19H2,1-3H3. The number of nitrogens with zero attached hydrogens (tertiary/aromatic N) is 1. The molecular formula is C18H28N2S. The minimum Gasteiger partial charge on any atom is -0.326 e. The largest absolute Gasteiger partial charge is 0.326 e. The summed E-state index contributed by atoms with van der Waals surface area (Å²) in [4.78, 5) is 6.42. The maximum absolute atomic E-state index is 5.95. The van der Waals surface area contributed by atoms with Crippen LogP contribution in [0.5, 0.6) is 0 Å². The van der Waals surface area contributed by atoms with Gasteiger partial charge in [-0.2, -0.15) is 0 Å². The molecule has 1 heterocycles. The lowest BCUT2D eigenvalue weighted by atomic mass is 9.40. The van der Waals surface area contributed by atoms with E-state index in [0.717, 1.165) is 12.3 Å². The maximum Gasteiger partial charge on any atom is 0.0993 e. The predicted molar refractivity (Wildman–Crippen MR) is 88.5 cm³/mol. The molecule has 0 spiro atoms. The Morgan fingerprint density at radius 1 is 1.14 bits per heavy atom. The normalized spacial score (nSPS) is 44.5. The molecule has 1 aromatic heterocycles. The quantitative estimate of drug-likeness (QED) is 0.898. The van der Waals surface area contributed by atoms with Crippen molar-refractivity contribution in [2.75, 3.05) is 0 Å². The third kappa shape index (κ3) is 2.03. The van der Waals surface area contributed by atoms with Crippen LogP contribution >= 0.6 is 11.3 Å². The first kappa shape index (κ1) is 14.2. The first-order valence-electron chi connectivity index (χ1n) is 8.58. The highest BCUT2D eigenvalue weighted by atomic mass is 32.1. The Kier molecular flexibility index (Phi) is 2.92. The van der Waals surface area contributed by atoms with Crippen molar-refractivity contribution in [1.29, 1.82) is 0 Å².